The Hall–Kier alpha value is -2.57. The van der Waals surface area contributed by atoms with Gasteiger partial charge in [-0.05, 0) is 39.5 Å². The van der Waals surface area contributed by atoms with E-state index in [0.717, 1.165) is 0 Å². The highest BCUT2D eigenvalue weighted by molar-refractivity contribution is 5.90. The lowest BCUT2D eigenvalue weighted by molar-refractivity contribution is -0.397. The zero-order valence-electron chi connectivity index (χ0n) is 16.1. The van der Waals surface area contributed by atoms with Crippen molar-refractivity contribution >= 4 is 17.4 Å². The van der Waals surface area contributed by atoms with Crippen molar-refractivity contribution in [3.05, 3.63) is 22.5 Å². The van der Waals surface area contributed by atoms with Crippen LogP contribution in [0.25, 0.3) is 0 Å². The van der Waals surface area contributed by atoms with Crippen LogP contribution in [0.2, 0.25) is 0 Å². The maximum atomic E-state index is 11.1. The number of hydrogen-bond acceptors (Lipinski definition) is 10. The fourth-order valence-electron chi connectivity index (χ4n) is 1.97. The maximum Gasteiger partial charge on any atom is 0.434 e. The van der Waals surface area contributed by atoms with Gasteiger partial charge in [0.05, 0.1) is 23.0 Å². The summed E-state index contributed by atoms with van der Waals surface area (Å²) >= 11 is 0. The van der Waals surface area contributed by atoms with Gasteiger partial charge in [-0.25, -0.2) is 4.57 Å². The highest BCUT2D eigenvalue weighted by atomic mass is 16.7. The summed E-state index contributed by atoms with van der Waals surface area (Å²) in [6, 6.07) is -0.371. The normalized spacial score (nSPS) is 15.6. The number of imidazole rings is 1. The molecule has 12 nitrogen and oxygen atoms in total. The quantitative estimate of drug-likeness (QED) is 0.191. The number of nitro groups is 1. The van der Waals surface area contributed by atoms with Gasteiger partial charge in [-0.1, -0.05) is 15.3 Å². The molecule has 1 rings (SSSR count). The molecule has 0 fully saturated rings. The van der Waals surface area contributed by atoms with Gasteiger partial charge in [0.25, 0.3) is 0 Å². The van der Waals surface area contributed by atoms with Gasteiger partial charge < -0.3 is 25.8 Å². The van der Waals surface area contributed by atoms with Crippen LogP contribution in [-0.4, -0.2) is 60.5 Å². The number of hydroxylamine groups is 1. The van der Waals surface area contributed by atoms with Crippen molar-refractivity contribution in [2.45, 2.75) is 58.8 Å². The van der Waals surface area contributed by atoms with Gasteiger partial charge in [-0.2, -0.15) is 5.48 Å². The van der Waals surface area contributed by atoms with Gasteiger partial charge in [0, 0.05) is 6.54 Å². The van der Waals surface area contributed by atoms with Crippen LogP contribution in [0.4, 0.5) is 5.95 Å². The van der Waals surface area contributed by atoms with E-state index in [1.54, 1.807) is 20.8 Å². The summed E-state index contributed by atoms with van der Waals surface area (Å²) in [6.45, 7) is 9.12. The monoisotopic (exact) mass is 385 g/mol. The Morgan fingerprint density at radius 3 is 2.67 bits per heavy atom. The van der Waals surface area contributed by atoms with Crippen LogP contribution in [0.1, 0.15) is 34.6 Å². The number of oxime groups is 2. The Balaban J connectivity index is 2.88. The third kappa shape index (κ3) is 6.58. The molecule has 1 aromatic heterocycles. The van der Waals surface area contributed by atoms with Gasteiger partial charge in [-0.3, -0.25) is 4.84 Å². The Morgan fingerprint density at radius 2 is 2.11 bits per heavy atom. The van der Waals surface area contributed by atoms with Crippen LogP contribution < -0.4 is 10.8 Å². The molecule has 27 heavy (non-hydrogen) atoms. The SMILES string of the molecule is C/C(=N\O)C(C)NOC(CNC(C)(C)/C(C)=N/O)Cn1ccnc1[N+](=O)[O-]. The molecular formula is C15H27N7O5. The first-order chi connectivity index (χ1) is 12.6. The molecule has 0 saturated carbocycles. The average molecular weight is 385 g/mol. The van der Waals surface area contributed by atoms with Crippen LogP contribution in [0.5, 0.6) is 0 Å². The molecule has 2 atom stereocenters. The number of hydrogen-bond donors (Lipinski definition) is 4. The second-order valence-electron chi connectivity index (χ2n) is 6.65. The first kappa shape index (κ1) is 22.5. The van der Waals surface area contributed by atoms with E-state index in [4.69, 9.17) is 15.3 Å². The fourth-order valence-corrected chi connectivity index (χ4v) is 1.97. The summed E-state index contributed by atoms with van der Waals surface area (Å²) in [5.41, 5.74) is 3.03. The molecule has 0 radical (unpaired) electrons. The molecule has 0 aliphatic carbocycles. The highest BCUT2D eigenvalue weighted by Crippen LogP contribution is 2.11. The Morgan fingerprint density at radius 1 is 1.44 bits per heavy atom. The van der Waals surface area contributed by atoms with E-state index in [9.17, 15) is 10.1 Å². The van der Waals surface area contributed by atoms with Crippen molar-refractivity contribution < 1.29 is 20.2 Å². The lowest BCUT2D eigenvalue weighted by Crippen LogP contribution is -2.51. The zero-order chi connectivity index (χ0) is 20.6. The van der Waals surface area contributed by atoms with E-state index in [2.05, 4.69) is 26.1 Å². The van der Waals surface area contributed by atoms with E-state index in [1.165, 1.54) is 17.0 Å². The van der Waals surface area contributed by atoms with Gasteiger partial charge in [0.15, 0.2) is 0 Å². The second kappa shape index (κ2) is 9.94. The smallest absolute Gasteiger partial charge is 0.411 e. The molecule has 2 unspecified atom stereocenters. The van der Waals surface area contributed by atoms with E-state index in [1.807, 2.05) is 13.8 Å². The predicted molar refractivity (Wildman–Crippen MR) is 98.2 cm³/mol. The average Bonchev–Trinajstić information content (AvgIpc) is 3.10. The summed E-state index contributed by atoms with van der Waals surface area (Å²) in [6.07, 6.45) is 2.29. The predicted octanol–water partition coefficient (Wildman–Crippen LogP) is 1.14. The minimum Gasteiger partial charge on any atom is -0.411 e. The Bertz CT molecular complexity index is 686. The topological polar surface area (TPSA) is 159 Å². The summed E-state index contributed by atoms with van der Waals surface area (Å²) in [4.78, 5) is 19.9. The first-order valence-electron chi connectivity index (χ1n) is 8.31. The minimum atomic E-state index is -0.620. The standard InChI is InChI=1S/C15H27N7O5/c1-10(18-23)11(2)20-27-13(8-17-15(4,5)12(3)19-24)9-21-7-6-16-14(21)22(25)26/h6-7,11,13,17,20,23-24H,8-9H2,1-5H3/b18-10+,19-12+. The second-order valence-corrected chi connectivity index (χ2v) is 6.65. The third-order valence-electron chi connectivity index (χ3n) is 4.28. The molecule has 1 aromatic rings. The molecule has 0 saturated heterocycles. The highest BCUT2D eigenvalue weighted by Gasteiger charge is 2.26. The minimum absolute atomic E-state index is 0.143. The molecule has 0 aliphatic rings. The van der Waals surface area contributed by atoms with E-state index < -0.39 is 16.6 Å². The number of aromatic nitrogens is 2. The lowest BCUT2D eigenvalue weighted by Gasteiger charge is -2.28. The molecular weight excluding hydrogens is 358 g/mol. The van der Waals surface area contributed by atoms with Crippen molar-refractivity contribution in [3.8, 4) is 0 Å². The molecule has 1 heterocycles. The van der Waals surface area contributed by atoms with E-state index >= 15 is 0 Å². The van der Waals surface area contributed by atoms with Gasteiger partial charge in [0.1, 0.15) is 25.0 Å². The van der Waals surface area contributed by atoms with Crippen molar-refractivity contribution in [1.82, 2.24) is 20.3 Å². The largest absolute Gasteiger partial charge is 0.434 e. The van der Waals surface area contributed by atoms with Crippen LogP contribution in [0.15, 0.2) is 22.7 Å². The van der Waals surface area contributed by atoms with Crippen molar-refractivity contribution in [2.75, 3.05) is 6.54 Å². The Kier molecular flexibility index (Phi) is 8.28. The van der Waals surface area contributed by atoms with E-state index in [-0.39, 0.29) is 25.1 Å². The molecule has 0 aliphatic heterocycles. The van der Waals surface area contributed by atoms with Crippen LogP contribution >= 0.6 is 0 Å². The molecule has 12 heteroatoms. The molecule has 0 aromatic carbocycles. The maximum absolute atomic E-state index is 11.1. The lowest BCUT2D eigenvalue weighted by atomic mass is 9.99. The summed E-state index contributed by atoms with van der Waals surface area (Å²) in [5.74, 6) is -0.294. The fraction of sp³-hybridized carbons (Fsp3) is 0.667. The van der Waals surface area contributed by atoms with Crippen LogP contribution in [0, 0.1) is 10.1 Å². The van der Waals surface area contributed by atoms with Crippen LogP contribution in [0.3, 0.4) is 0 Å². The van der Waals surface area contributed by atoms with Crippen molar-refractivity contribution in [3.63, 3.8) is 0 Å². The molecule has 4 N–H and O–H groups in total. The van der Waals surface area contributed by atoms with Crippen molar-refractivity contribution in [2.24, 2.45) is 10.3 Å². The van der Waals surface area contributed by atoms with Gasteiger partial charge in [0.2, 0.25) is 0 Å². The van der Waals surface area contributed by atoms with E-state index in [0.29, 0.717) is 11.4 Å². The van der Waals surface area contributed by atoms with Gasteiger partial charge >= 0.3 is 5.95 Å². The summed E-state index contributed by atoms with van der Waals surface area (Å²) in [7, 11) is 0. The number of nitrogens with zero attached hydrogens (tertiary/aromatic N) is 5. The number of rotatable bonds is 11. The number of nitrogens with one attached hydrogen (secondary N) is 2. The third-order valence-corrected chi connectivity index (χ3v) is 4.28. The molecule has 0 amide bonds. The molecule has 0 bridgehead atoms. The first-order valence-corrected chi connectivity index (χ1v) is 8.31. The summed E-state index contributed by atoms with van der Waals surface area (Å²) < 4.78 is 1.37. The summed E-state index contributed by atoms with van der Waals surface area (Å²) in [5, 5.41) is 38.4. The zero-order valence-corrected chi connectivity index (χ0v) is 16.1. The van der Waals surface area contributed by atoms with Gasteiger partial charge in [-0.15, -0.1) is 0 Å². The van der Waals surface area contributed by atoms with Crippen LogP contribution in [-0.2, 0) is 11.4 Å². The molecule has 0 spiro atoms. The van der Waals surface area contributed by atoms with Crippen molar-refractivity contribution in [1.29, 1.82) is 0 Å². The molecule has 152 valence electrons. The Labute approximate surface area is 157 Å².